The van der Waals surface area contributed by atoms with Crippen LogP contribution in [0.4, 0.5) is 17.6 Å². The second kappa shape index (κ2) is 8.56. The molecule has 0 aliphatic carbocycles. The van der Waals surface area contributed by atoms with Gasteiger partial charge in [0.15, 0.2) is 23.9 Å². The Labute approximate surface area is 172 Å². The third-order valence-corrected chi connectivity index (χ3v) is 4.25. The van der Waals surface area contributed by atoms with Crippen molar-refractivity contribution in [2.24, 2.45) is 0 Å². The molecule has 152 valence electrons. The number of hydrogen-bond acceptors (Lipinski definition) is 9. The molecule has 4 rings (SSSR count). The maximum Gasteiger partial charge on any atom is 0.306 e. The molecule has 2 aromatic carbocycles. The number of rotatable bonds is 7. The third kappa shape index (κ3) is 4.88. The standard InChI is InChI=1S/C21H20N6O3/c1-13-6-8-14(9-7-13)23-21-26-17(25-20(22)27-21)12-29-19(28)11-10-18-24-15-4-2-3-5-16(15)30-18/h2-9H,10-12H2,1H3,(H3,22,23,25,26,27). The highest BCUT2D eigenvalue weighted by Gasteiger charge is 2.11. The minimum Gasteiger partial charge on any atom is -0.457 e. The number of para-hydroxylation sites is 2. The van der Waals surface area contributed by atoms with Gasteiger partial charge in [0.2, 0.25) is 11.9 Å². The van der Waals surface area contributed by atoms with Crippen LogP contribution in [-0.4, -0.2) is 25.9 Å². The van der Waals surface area contributed by atoms with Gasteiger partial charge < -0.3 is 20.2 Å². The molecule has 0 spiro atoms. The van der Waals surface area contributed by atoms with Crippen molar-refractivity contribution in [3.05, 3.63) is 65.8 Å². The molecule has 0 fully saturated rings. The van der Waals surface area contributed by atoms with Gasteiger partial charge in [-0.1, -0.05) is 29.8 Å². The van der Waals surface area contributed by atoms with E-state index in [0.717, 1.165) is 16.8 Å². The molecule has 3 N–H and O–H groups in total. The molecular weight excluding hydrogens is 384 g/mol. The lowest BCUT2D eigenvalue weighted by atomic mass is 10.2. The molecule has 0 bridgehead atoms. The summed E-state index contributed by atoms with van der Waals surface area (Å²) >= 11 is 0. The first-order valence-electron chi connectivity index (χ1n) is 9.39. The number of esters is 1. The Balaban J connectivity index is 1.32. The fourth-order valence-corrected chi connectivity index (χ4v) is 2.78. The molecule has 0 atom stereocenters. The fraction of sp³-hybridized carbons (Fsp3) is 0.190. The number of nitrogen functional groups attached to an aromatic ring is 1. The summed E-state index contributed by atoms with van der Waals surface area (Å²) in [6.45, 7) is 1.89. The Morgan fingerprint density at radius 2 is 1.87 bits per heavy atom. The summed E-state index contributed by atoms with van der Waals surface area (Å²) in [5.74, 6) is 0.653. The van der Waals surface area contributed by atoms with E-state index in [1.54, 1.807) is 0 Å². The van der Waals surface area contributed by atoms with Crippen molar-refractivity contribution in [1.82, 2.24) is 19.9 Å². The maximum atomic E-state index is 12.1. The summed E-state index contributed by atoms with van der Waals surface area (Å²) in [6.07, 6.45) is 0.467. The molecular formula is C21H20N6O3. The van der Waals surface area contributed by atoms with E-state index in [1.807, 2.05) is 55.5 Å². The quantitative estimate of drug-likeness (QED) is 0.445. The van der Waals surface area contributed by atoms with Crippen LogP contribution in [0, 0.1) is 6.92 Å². The molecule has 9 nitrogen and oxygen atoms in total. The summed E-state index contributed by atoms with van der Waals surface area (Å²) in [4.78, 5) is 28.8. The molecule has 4 aromatic rings. The van der Waals surface area contributed by atoms with Gasteiger partial charge in [-0.25, -0.2) is 4.98 Å². The molecule has 2 aromatic heterocycles. The number of anilines is 3. The lowest BCUT2D eigenvalue weighted by Gasteiger charge is -2.08. The largest absolute Gasteiger partial charge is 0.457 e. The van der Waals surface area contributed by atoms with Gasteiger partial charge in [0, 0.05) is 12.1 Å². The second-order valence-electron chi connectivity index (χ2n) is 6.66. The van der Waals surface area contributed by atoms with Crippen molar-refractivity contribution in [1.29, 1.82) is 0 Å². The molecule has 0 aliphatic rings. The zero-order chi connectivity index (χ0) is 20.9. The lowest BCUT2D eigenvalue weighted by Crippen LogP contribution is -2.11. The second-order valence-corrected chi connectivity index (χ2v) is 6.66. The monoisotopic (exact) mass is 404 g/mol. The van der Waals surface area contributed by atoms with Gasteiger partial charge in [-0.2, -0.15) is 15.0 Å². The van der Waals surface area contributed by atoms with E-state index in [4.69, 9.17) is 14.9 Å². The summed E-state index contributed by atoms with van der Waals surface area (Å²) in [6, 6.07) is 15.2. The average molecular weight is 404 g/mol. The van der Waals surface area contributed by atoms with Crippen molar-refractivity contribution in [2.75, 3.05) is 11.1 Å². The predicted molar refractivity (Wildman–Crippen MR) is 111 cm³/mol. The van der Waals surface area contributed by atoms with Crippen LogP contribution in [0.3, 0.4) is 0 Å². The number of oxazole rings is 1. The first-order valence-corrected chi connectivity index (χ1v) is 9.39. The zero-order valence-electron chi connectivity index (χ0n) is 16.3. The van der Waals surface area contributed by atoms with E-state index < -0.39 is 5.97 Å². The van der Waals surface area contributed by atoms with E-state index in [2.05, 4.69) is 25.3 Å². The molecule has 2 heterocycles. The summed E-state index contributed by atoms with van der Waals surface area (Å²) < 4.78 is 10.9. The number of benzene rings is 2. The Kier molecular flexibility index (Phi) is 5.51. The number of aromatic nitrogens is 4. The van der Waals surface area contributed by atoms with Crippen LogP contribution in [0.25, 0.3) is 11.1 Å². The number of fused-ring (bicyclic) bond motifs is 1. The average Bonchev–Trinajstić information content (AvgIpc) is 3.15. The first-order chi connectivity index (χ1) is 14.5. The Morgan fingerprint density at radius 1 is 1.07 bits per heavy atom. The molecule has 0 saturated carbocycles. The van der Waals surface area contributed by atoms with Crippen molar-refractivity contribution < 1.29 is 13.9 Å². The molecule has 0 amide bonds. The summed E-state index contributed by atoms with van der Waals surface area (Å²) in [5.41, 5.74) is 9.15. The third-order valence-electron chi connectivity index (χ3n) is 4.25. The minimum atomic E-state index is -0.413. The highest BCUT2D eigenvalue weighted by molar-refractivity contribution is 5.72. The first kappa shape index (κ1) is 19.3. The highest BCUT2D eigenvalue weighted by Crippen LogP contribution is 2.17. The molecule has 0 aliphatic heterocycles. The Morgan fingerprint density at radius 3 is 2.67 bits per heavy atom. The normalized spacial score (nSPS) is 10.8. The summed E-state index contributed by atoms with van der Waals surface area (Å²) in [5, 5.41) is 3.06. The molecule has 9 heteroatoms. The number of carbonyl (C=O) groups is 1. The maximum absolute atomic E-state index is 12.1. The van der Waals surface area contributed by atoms with Gasteiger partial charge in [-0.15, -0.1) is 0 Å². The highest BCUT2D eigenvalue weighted by atomic mass is 16.5. The van der Waals surface area contributed by atoms with Crippen LogP contribution in [0.15, 0.2) is 52.9 Å². The van der Waals surface area contributed by atoms with Crippen LogP contribution in [-0.2, 0) is 22.6 Å². The Hall–Kier alpha value is -4.01. The molecule has 30 heavy (non-hydrogen) atoms. The minimum absolute atomic E-state index is 0.0390. The van der Waals surface area contributed by atoms with Gasteiger partial charge in [0.1, 0.15) is 5.52 Å². The van der Waals surface area contributed by atoms with Crippen molar-refractivity contribution in [3.63, 3.8) is 0 Å². The molecule has 0 saturated heterocycles. The van der Waals surface area contributed by atoms with E-state index in [1.165, 1.54) is 0 Å². The number of nitrogens with two attached hydrogens (primary N) is 1. The van der Waals surface area contributed by atoms with Gasteiger partial charge in [-0.05, 0) is 31.2 Å². The van der Waals surface area contributed by atoms with E-state index in [9.17, 15) is 4.79 Å². The topological polar surface area (TPSA) is 129 Å². The van der Waals surface area contributed by atoms with Crippen molar-refractivity contribution in [2.45, 2.75) is 26.4 Å². The summed E-state index contributed by atoms with van der Waals surface area (Å²) in [7, 11) is 0. The van der Waals surface area contributed by atoms with E-state index >= 15 is 0 Å². The SMILES string of the molecule is Cc1ccc(Nc2nc(N)nc(COC(=O)CCc3nc4ccccc4o3)n2)cc1. The van der Waals surface area contributed by atoms with Crippen LogP contribution in [0.1, 0.15) is 23.7 Å². The van der Waals surface area contributed by atoms with E-state index in [-0.39, 0.29) is 30.7 Å². The van der Waals surface area contributed by atoms with Gasteiger partial charge in [0.05, 0.1) is 6.42 Å². The zero-order valence-corrected chi connectivity index (χ0v) is 16.3. The predicted octanol–water partition coefficient (Wildman–Crippen LogP) is 3.32. The number of carbonyl (C=O) groups excluding carboxylic acids is 1. The number of ether oxygens (including phenoxy) is 1. The van der Waals surface area contributed by atoms with Crippen molar-refractivity contribution in [3.8, 4) is 0 Å². The van der Waals surface area contributed by atoms with Gasteiger partial charge >= 0.3 is 5.97 Å². The van der Waals surface area contributed by atoms with Gasteiger partial charge in [-0.3, -0.25) is 4.79 Å². The van der Waals surface area contributed by atoms with Crippen LogP contribution < -0.4 is 11.1 Å². The molecule has 0 unspecified atom stereocenters. The molecule has 0 radical (unpaired) electrons. The van der Waals surface area contributed by atoms with Crippen LogP contribution in [0.2, 0.25) is 0 Å². The lowest BCUT2D eigenvalue weighted by molar-refractivity contribution is -0.145. The number of nitrogens with zero attached hydrogens (tertiary/aromatic N) is 4. The van der Waals surface area contributed by atoms with Crippen molar-refractivity contribution >= 4 is 34.7 Å². The Bertz CT molecular complexity index is 1140. The van der Waals surface area contributed by atoms with Crippen LogP contribution >= 0.6 is 0 Å². The number of aryl methyl sites for hydroxylation is 2. The number of nitrogens with one attached hydrogen (secondary N) is 1. The fourth-order valence-electron chi connectivity index (χ4n) is 2.78. The smallest absolute Gasteiger partial charge is 0.306 e. The van der Waals surface area contributed by atoms with E-state index in [0.29, 0.717) is 17.9 Å². The number of hydrogen-bond donors (Lipinski definition) is 2. The van der Waals surface area contributed by atoms with Crippen LogP contribution in [0.5, 0.6) is 0 Å². The van der Waals surface area contributed by atoms with Gasteiger partial charge in [0.25, 0.3) is 0 Å².